The molecule has 1 aliphatic rings. The summed E-state index contributed by atoms with van der Waals surface area (Å²) in [4.78, 5) is 20.7. The summed E-state index contributed by atoms with van der Waals surface area (Å²) in [5.41, 5.74) is 2.51. The van der Waals surface area contributed by atoms with Crippen LogP contribution in [-0.2, 0) is 0 Å². The minimum atomic E-state index is -0.318. The van der Waals surface area contributed by atoms with Crippen LogP contribution in [0.15, 0.2) is 75.0 Å². The van der Waals surface area contributed by atoms with Crippen molar-refractivity contribution in [1.29, 1.82) is 0 Å². The summed E-state index contributed by atoms with van der Waals surface area (Å²) in [5, 5.41) is 6.43. The maximum absolute atomic E-state index is 13.6. The fourth-order valence-electron chi connectivity index (χ4n) is 5.02. The predicted molar refractivity (Wildman–Crippen MR) is 155 cm³/mol. The predicted octanol–water partition coefficient (Wildman–Crippen LogP) is 6.35. The molecule has 0 aliphatic carbocycles. The van der Waals surface area contributed by atoms with Gasteiger partial charge in [-0.15, -0.1) is 0 Å². The van der Waals surface area contributed by atoms with Gasteiger partial charge in [0.2, 0.25) is 5.82 Å². The number of nitrogens with zero attached hydrogens (tertiary/aromatic N) is 4. The van der Waals surface area contributed by atoms with Gasteiger partial charge >= 0.3 is 0 Å². The van der Waals surface area contributed by atoms with Gasteiger partial charge < -0.3 is 18.8 Å². The van der Waals surface area contributed by atoms with Gasteiger partial charge in [0.15, 0.2) is 5.76 Å². The lowest BCUT2D eigenvalue weighted by molar-refractivity contribution is 0.401. The number of ether oxygens (including phenoxy) is 2. The third-order valence-electron chi connectivity index (χ3n) is 6.99. The molecule has 2 aromatic heterocycles. The Labute approximate surface area is 230 Å². The Morgan fingerprint density at radius 1 is 0.974 bits per heavy atom. The van der Waals surface area contributed by atoms with E-state index in [1.165, 1.54) is 11.1 Å². The Bertz CT molecular complexity index is 1770. The smallest absolute Gasteiger partial charge is 0.282 e. The van der Waals surface area contributed by atoms with Crippen LogP contribution in [0, 0.1) is 0 Å². The highest BCUT2D eigenvalue weighted by atomic mass is 35.5. The highest BCUT2D eigenvalue weighted by Crippen LogP contribution is 2.36. The maximum Gasteiger partial charge on any atom is 0.282 e. The van der Waals surface area contributed by atoms with E-state index in [1.54, 1.807) is 62.9 Å². The third kappa shape index (κ3) is 4.72. The van der Waals surface area contributed by atoms with Crippen molar-refractivity contribution in [2.24, 2.45) is 5.10 Å². The summed E-state index contributed by atoms with van der Waals surface area (Å²) >= 11 is 6.18. The van der Waals surface area contributed by atoms with Gasteiger partial charge in [0, 0.05) is 35.1 Å². The van der Waals surface area contributed by atoms with Crippen LogP contribution in [0.25, 0.3) is 33.5 Å². The number of hydrogen-bond acceptors (Lipinski definition) is 7. The van der Waals surface area contributed by atoms with E-state index in [0.717, 1.165) is 42.8 Å². The molecule has 39 heavy (non-hydrogen) atoms. The molecule has 0 bridgehead atoms. The quantitative estimate of drug-likeness (QED) is 0.232. The van der Waals surface area contributed by atoms with Gasteiger partial charge in [-0.2, -0.15) is 9.78 Å². The first-order valence-corrected chi connectivity index (χ1v) is 13.2. The molecule has 0 N–H and O–H groups in total. The number of fused-ring (bicyclic) bond motifs is 2. The molecule has 9 heteroatoms. The van der Waals surface area contributed by atoms with Gasteiger partial charge in [-0.25, -0.2) is 4.98 Å². The van der Waals surface area contributed by atoms with Gasteiger partial charge in [0.05, 0.1) is 37.0 Å². The Hall–Kier alpha value is -4.30. The molecule has 1 saturated heterocycles. The van der Waals surface area contributed by atoms with E-state index in [2.05, 4.69) is 10.0 Å². The van der Waals surface area contributed by atoms with Crippen molar-refractivity contribution in [1.82, 2.24) is 9.66 Å². The molecule has 198 valence electrons. The zero-order valence-corrected chi connectivity index (χ0v) is 22.4. The van der Waals surface area contributed by atoms with E-state index >= 15 is 0 Å². The van der Waals surface area contributed by atoms with Gasteiger partial charge in [-0.1, -0.05) is 23.7 Å². The van der Waals surface area contributed by atoms with Gasteiger partial charge in [0.25, 0.3) is 5.56 Å². The summed E-state index contributed by atoms with van der Waals surface area (Å²) in [6, 6.07) is 18.2. The standard InChI is InChI=1S/C30H27ClN4O4/c1-37-26-17-24(34-12-6-3-7-13-34)27(38-2)16-20(26)18-32-35-29(33-23-9-5-4-8-22(23)30(35)36)28-15-19-14-21(31)10-11-25(19)39-28/h4-5,8-11,14-18H,3,6-7,12-13H2,1-2H3. The second-order valence-corrected chi connectivity index (χ2v) is 9.86. The monoisotopic (exact) mass is 542 g/mol. The lowest BCUT2D eigenvalue weighted by Gasteiger charge is -2.30. The van der Waals surface area contributed by atoms with E-state index in [1.807, 2.05) is 18.2 Å². The average Bonchev–Trinajstić information content (AvgIpc) is 3.39. The first-order valence-electron chi connectivity index (χ1n) is 12.8. The van der Waals surface area contributed by atoms with Gasteiger partial charge in [-0.3, -0.25) is 4.79 Å². The van der Waals surface area contributed by atoms with Crippen molar-refractivity contribution < 1.29 is 13.9 Å². The SMILES string of the molecule is COc1cc(N2CCCCC2)c(OC)cc1C=Nn1c(-c2cc3cc(Cl)ccc3o2)nc2ccccc2c1=O. The first-order chi connectivity index (χ1) is 19.1. The van der Waals surface area contributed by atoms with Crippen molar-refractivity contribution in [3.05, 3.63) is 81.6 Å². The molecule has 1 fully saturated rings. The number of methoxy groups -OCH3 is 2. The van der Waals surface area contributed by atoms with E-state index in [0.29, 0.717) is 38.6 Å². The van der Waals surface area contributed by atoms with Crippen LogP contribution in [0.1, 0.15) is 24.8 Å². The number of furan rings is 1. The van der Waals surface area contributed by atoms with E-state index < -0.39 is 0 Å². The van der Waals surface area contributed by atoms with Gasteiger partial charge in [0.1, 0.15) is 17.1 Å². The van der Waals surface area contributed by atoms with Gasteiger partial charge in [-0.05, 0) is 61.7 Å². The van der Waals surface area contributed by atoms with Crippen LogP contribution in [0.5, 0.6) is 11.5 Å². The number of hydrogen-bond donors (Lipinski definition) is 0. The van der Waals surface area contributed by atoms with Crippen LogP contribution in [0.3, 0.4) is 0 Å². The first kappa shape index (κ1) is 25.0. The molecule has 0 amide bonds. The number of rotatable bonds is 6. The highest BCUT2D eigenvalue weighted by molar-refractivity contribution is 6.31. The summed E-state index contributed by atoms with van der Waals surface area (Å²) in [5.74, 6) is 2.02. The van der Waals surface area contributed by atoms with Crippen LogP contribution in [0.2, 0.25) is 5.02 Å². The van der Waals surface area contributed by atoms with Crippen molar-refractivity contribution in [2.45, 2.75) is 19.3 Å². The van der Waals surface area contributed by atoms with Crippen LogP contribution in [0.4, 0.5) is 5.69 Å². The zero-order chi connectivity index (χ0) is 26.9. The van der Waals surface area contributed by atoms with Crippen molar-refractivity contribution in [3.63, 3.8) is 0 Å². The lowest BCUT2D eigenvalue weighted by Crippen LogP contribution is -2.29. The number of anilines is 1. The van der Waals surface area contributed by atoms with Crippen molar-refractivity contribution >= 4 is 45.4 Å². The second-order valence-electron chi connectivity index (χ2n) is 9.42. The summed E-state index contributed by atoms with van der Waals surface area (Å²) in [6.45, 7) is 1.94. The number of benzene rings is 3. The molecule has 3 heterocycles. The summed E-state index contributed by atoms with van der Waals surface area (Å²) in [6.07, 6.45) is 5.10. The second kappa shape index (κ2) is 10.5. The molecule has 0 atom stereocenters. The number of piperidine rings is 1. The molecule has 0 saturated carbocycles. The summed E-state index contributed by atoms with van der Waals surface area (Å²) < 4.78 is 18.8. The minimum absolute atomic E-state index is 0.276. The van der Waals surface area contributed by atoms with Crippen LogP contribution in [-0.4, -0.2) is 43.2 Å². The maximum atomic E-state index is 13.6. The topological polar surface area (TPSA) is 82.1 Å². The van der Waals surface area contributed by atoms with Crippen molar-refractivity contribution in [2.75, 3.05) is 32.2 Å². The zero-order valence-electron chi connectivity index (χ0n) is 21.7. The molecule has 0 unspecified atom stereocenters. The number of halogens is 1. The molecule has 3 aromatic carbocycles. The fraction of sp³-hybridized carbons (Fsp3) is 0.233. The molecular weight excluding hydrogens is 516 g/mol. The Kier molecular flexibility index (Phi) is 6.70. The molecule has 8 nitrogen and oxygen atoms in total. The molecule has 0 radical (unpaired) electrons. The largest absolute Gasteiger partial charge is 0.496 e. The Morgan fingerprint density at radius 3 is 2.56 bits per heavy atom. The highest BCUT2D eigenvalue weighted by Gasteiger charge is 2.20. The average molecular weight is 543 g/mol. The van der Waals surface area contributed by atoms with E-state index in [4.69, 9.17) is 30.5 Å². The normalized spacial score (nSPS) is 14.0. The summed E-state index contributed by atoms with van der Waals surface area (Å²) in [7, 11) is 3.27. The molecule has 0 spiro atoms. The van der Waals surface area contributed by atoms with Crippen LogP contribution < -0.4 is 19.9 Å². The third-order valence-corrected chi connectivity index (χ3v) is 7.23. The lowest BCUT2D eigenvalue weighted by atomic mass is 10.1. The van der Waals surface area contributed by atoms with E-state index in [9.17, 15) is 4.79 Å². The van der Waals surface area contributed by atoms with Crippen molar-refractivity contribution in [3.8, 4) is 23.1 Å². The minimum Gasteiger partial charge on any atom is -0.496 e. The van der Waals surface area contributed by atoms with E-state index in [-0.39, 0.29) is 11.4 Å². The number of para-hydroxylation sites is 1. The molecular formula is C30H27ClN4O4. The number of aromatic nitrogens is 2. The molecule has 1 aliphatic heterocycles. The van der Waals surface area contributed by atoms with Crippen LogP contribution >= 0.6 is 11.6 Å². The molecule has 5 aromatic rings. The fourth-order valence-corrected chi connectivity index (χ4v) is 5.20. The molecule has 6 rings (SSSR count). The Balaban J connectivity index is 1.49. The Morgan fingerprint density at radius 2 is 1.77 bits per heavy atom.